The van der Waals surface area contributed by atoms with E-state index in [4.69, 9.17) is 9.47 Å². The molecule has 2 aromatic carbocycles. The molecule has 1 fully saturated rings. The average molecular weight is 444 g/mol. The van der Waals surface area contributed by atoms with Crippen LogP contribution in [-0.4, -0.2) is 44.4 Å². The van der Waals surface area contributed by atoms with Gasteiger partial charge in [0.2, 0.25) is 5.91 Å². The zero-order valence-corrected chi connectivity index (χ0v) is 19.6. The van der Waals surface area contributed by atoms with Crippen molar-refractivity contribution in [1.29, 1.82) is 0 Å². The standard InChI is InChI=1S/C24H29NO5S/c1-23(2,3)15-7-10-17(11-8-15)31(27,28)21-19-14-24(4,25(5)22(21)26)30-20-12-9-16(29-6)13-18(19)20/h7-13,19,21H,14H2,1-6H3/t19-,21-,24+/m0/s1. The van der Waals surface area contributed by atoms with E-state index in [1.807, 2.05) is 19.1 Å². The number of fused-ring (bicyclic) bond motifs is 4. The number of benzene rings is 2. The first-order chi connectivity index (χ1) is 14.4. The number of hydrogen-bond acceptors (Lipinski definition) is 5. The van der Waals surface area contributed by atoms with Gasteiger partial charge in [-0.3, -0.25) is 4.79 Å². The Morgan fingerprint density at radius 3 is 2.35 bits per heavy atom. The number of sulfone groups is 1. The molecule has 2 aromatic rings. The molecule has 1 amide bonds. The van der Waals surface area contributed by atoms with Crippen LogP contribution in [-0.2, 0) is 20.0 Å². The smallest absolute Gasteiger partial charge is 0.244 e. The third-order valence-corrected chi connectivity index (χ3v) is 8.71. The third-order valence-electron chi connectivity index (χ3n) is 6.58. The normalized spacial score (nSPS) is 25.6. The highest BCUT2D eigenvalue weighted by Gasteiger charge is 2.57. The van der Waals surface area contributed by atoms with E-state index in [1.165, 1.54) is 4.90 Å². The van der Waals surface area contributed by atoms with Gasteiger partial charge in [0.05, 0.1) is 12.0 Å². The minimum atomic E-state index is -3.93. The van der Waals surface area contributed by atoms with Gasteiger partial charge in [0.1, 0.15) is 11.5 Å². The van der Waals surface area contributed by atoms with Crippen LogP contribution < -0.4 is 9.47 Å². The van der Waals surface area contributed by atoms with Crippen molar-refractivity contribution in [3.8, 4) is 11.5 Å². The van der Waals surface area contributed by atoms with Gasteiger partial charge < -0.3 is 14.4 Å². The van der Waals surface area contributed by atoms with Gasteiger partial charge in [-0.25, -0.2) is 8.42 Å². The molecule has 6 nitrogen and oxygen atoms in total. The van der Waals surface area contributed by atoms with Gasteiger partial charge in [-0.05, 0) is 48.2 Å². The third kappa shape index (κ3) is 3.39. The lowest BCUT2D eigenvalue weighted by Gasteiger charge is -2.51. The van der Waals surface area contributed by atoms with Gasteiger partial charge in [0.15, 0.2) is 20.8 Å². The van der Waals surface area contributed by atoms with E-state index in [1.54, 1.807) is 44.5 Å². The number of methoxy groups -OCH3 is 1. The topological polar surface area (TPSA) is 72.9 Å². The van der Waals surface area contributed by atoms with Crippen LogP contribution in [0.15, 0.2) is 47.4 Å². The summed E-state index contributed by atoms with van der Waals surface area (Å²) in [6.07, 6.45) is 0.388. The van der Waals surface area contributed by atoms with Crippen molar-refractivity contribution in [2.24, 2.45) is 0 Å². The molecule has 4 rings (SSSR count). The van der Waals surface area contributed by atoms with Crippen LogP contribution in [0, 0.1) is 0 Å². The van der Waals surface area contributed by atoms with E-state index in [0.717, 1.165) is 5.56 Å². The van der Waals surface area contributed by atoms with Crippen LogP contribution in [0.4, 0.5) is 0 Å². The van der Waals surface area contributed by atoms with Crippen LogP contribution in [0.5, 0.6) is 11.5 Å². The lowest BCUT2D eigenvalue weighted by Crippen LogP contribution is -2.64. The maximum Gasteiger partial charge on any atom is 0.244 e. The van der Waals surface area contributed by atoms with Crippen LogP contribution in [0.25, 0.3) is 0 Å². The fourth-order valence-electron chi connectivity index (χ4n) is 4.54. The minimum absolute atomic E-state index is 0.0960. The Morgan fingerprint density at radius 2 is 1.77 bits per heavy atom. The number of hydrogen-bond donors (Lipinski definition) is 0. The van der Waals surface area contributed by atoms with Crippen LogP contribution in [0.2, 0.25) is 0 Å². The zero-order valence-electron chi connectivity index (χ0n) is 18.8. The molecule has 0 unspecified atom stereocenters. The number of carbonyl (C=O) groups is 1. The summed E-state index contributed by atoms with van der Waals surface area (Å²) >= 11 is 0. The summed E-state index contributed by atoms with van der Waals surface area (Å²) in [4.78, 5) is 15.0. The summed E-state index contributed by atoms with van der Waals surface area (Å²) in [6.45, 7) is 8.04. The van der Waals surface area contributed by atoms with E-state index in [2.05, 4.69) is 20.8 Å². The monoisotopic (exact) mass is 443 g/mol. The van der Waals surface area contributed by atoms with Crippen LogP contribution >= 0.6 is 0 Å². The van der Waals surface area contributed by atoms with Gasteiger partial charge in [-0.2, -0.15) is 0 Å². The molecular weight excluding hydrogens is 414 g/mol. The molecule has 3 atom stereocenters. The summed E-state index contributed by atoms with van der Waals surface area (Å²) in [5.41, 5.74) is 0.734. The van der Waals surface area contributed by atoms with Crippen LogP contribution in [0.1, 0.15) is 51.2 Å². The lowest BCUT2D eigenvalue weighted by molar-refractivity contribution is -0.159. The molecular formula is C24H29NO5S. The molecule has 0 spiro atoms. The molecule has 166 valence electrons. The quantitative estimate of drug-likeness (QED) is 0.720. The summed E-state index contributed by atoms with van der Waals surface area (Å²) < 4.78 is 39.0. The van der Waals surface area contributed by atoms with E-state index < -0.39 is 32.6 Å². The lowest BCUT2D eigenvalue weighted by atomic mass is 9.80. The molecule has 2 aliphatic rings. The fourth-order valence-corrected chi connectivity index (χ4v) is 6.45. The zero-order chi connectivity index (χ0) is 22.8. The van der Waals surface area contributed by atoms with E-state index in [0.29, 0.717) is 23.5 Å². The Hall–Kier alpha value is -2.54. The van der Waals surface area contributed by atoms with Crippen molar-refractivity contribution in [3.05, 3.63) is 53.6 Å². The minimum Gasteiger partial charge on any atom is -0.497 e. The SMILES string of the molecule is COc1ccc2c(c1)[C@@H]1C[C@@](C)(O2)N(C)C(=O)[C@H]1S(=O)(=O)c1ccc(C(C)(C)C)cc1. The molecule has 2 bridgehead atoms. The molecule has 0 radical (unpaired) electrons. The Morgan fingerprint density at radius 1 is 1.13 bits per heavy atom. The Kier molecular flexibility index (Phi) is 4.89. The molecule has 0 aliphatic carbocycles. The first-order valence-electron chi connectivity index (χ1n) is 10.4. The molecule has 2 heterocycles. The van der Waals surface area contributed by atoms with Crippen molar-refractivity contribution in [1.82, 2.24) is 4.90 Å². The Labute approximate surface area is 184 Å². The molecule has 2 aliphatic heterocycles. The number of likely N-dealkylation sites (tertiary alicyclic amines) is 1. The number of rotatable bonds is 3. The highest BCUT2D eigenvalue weighted by Crippen LogP contribution is 2.50. The van der Waals surface area contributed by atoms with Gasteiger partial charge in [-0.1, -0.05) is 32.9 Å². The van der Waals surface area contributed by atoms with Gasteiger partial charge in [0.25, 0.3) is 0 Å². The second-order valence-electron chi connectivity index (χ2n) is 9.63. The van der Waals surface area contributed by atoms with E-state index >= 15 is 0 Å². The number of ether oxygens (including phenoxy) is 2. The van der Waals surface area contributed by atoms with E-state index in [-0.39, 0.29) is 10.3 Å². The molecule has 7 heteroatoms. The van der Waals surface area contributed by atoms with Crippen molar-refractivity contribution < 1.29 is 22.7 Å². The highest BCUT2D eigenvalue weighted by atomic mass is 32.2. The Bertz CT molecular complexity index is 1130. The number of piperidine rings is 1. The largest absolute Gasteiger partial charge is 0.497 e. The first-order valence-corrected chi connectivity index (χ1v) is 11.9. The second kappa shape index (κ2) is 6.99. The van der Waals surface area contributed by atoms with Crippen molar-refractivity contribution >= 4 is 15.7 Å². The summed E-state index contributed by atoms with van der Waals surface area (Å²) in [5.74, 6) is 0.206. The van der Waals surface area contributed by atoms with Gasteiger partial charge in [0, 0.05) is 24.9 Å². The fraction of sp³-hybridized carbons (Fsp3) is 0.458. The van der Waals surface area contributed by atoms with Crippen molar-refractivity contribution in [2.75, 3.05) is 14.2 Å². The molecule has 1 saturated heterocycles. The maximum atomic E-state index is 13.8. The number of carbonyl (C=O) groups excluding carboxylic acids is 1. The highest BCUT2D eigenvalue weighted by molar-refractivity contribution is 7.92. The van der Waals surface area contributed by atoms with Crippen molar-refractivity contribution in [3.63, 3.8) is 0 Å². The molecule has 31 heavy (non-hydrogen) atoms. The van der Waals surface area contributed by atoms with E-state index in [9.17, 15) is 13.2 Å². The summed E-state index contributed by atoms with van der Waals surface area (Å²) in [5, 5.41) is -1.22. The van der Waals surface area contributed by atoms with Crippen molar-refractivity contribution in [2.45, 2.75) is 61.3 Å². The Balaban J connectivity index is 1.84. The summed E-state index contributed by atoms with van der Waals surface area (Å²) in [7, 11) is -0.769. The van der Waals surface area contributed by atoms with Gasteiger partial charge >= 0.3 is 0 Å². The average Bonchev–Trinajstić information content (AvgIpc) is 2.71. The second-order valence-corrected chi connectivity index (χ2v) is 11.7. The predicted octanol–water partition coefficient (Wildman–Crippen LogP) is 3.89. The molecule has 0 saturated carbocycles. The predicted molar refractivity (Wildman–Crippen MR) is 118 cm³/mol. The van der Waals surface area contributed by atoms with Crippen LogP contribution in [0.3, 0.4) is 0 Å². The maximum absolute atomic E-state index is 13.8. The number of amides is 1. The summed E-state index contributed by atoms with van der Waals surface area (Å²) in [6, 6.07) is 12.2. The number of nitrogens with zero attached hydrogens (tertiary/aromatic N) is 1. The molecule has 0 N–H and O–H groups in total. The molecule has 0 aromatic heterocycles. The first kappa shape index (κ1) is 21.7. The van der Waals surface area contributed by atoms with Gasteiger partial charge in [-0.15, -0.1) is 0 Å².